The summed E-state index contributed by atoms with van der Waals surface area (Å²) >= 11 is 6.48. The molecule has 218 valence electrons. The summed E-state index contributed by atoms with van der Waals surface area (Å²) in [7, 11) is 0. The first-order valence-corrected chi connectivity index (χ1v) is 15.1. The highest BCUT2D eigenvalue weighted by atomic mass is 79.9. The first-order chi connectivity index (χ1) is 20.5. The van der Waals surface area contributed by atoms with Crippen molar-refractivity contribution >= 4 is 40.0 Å². The minimum Gasteiger partial charge on any atom is -1.00 e. The fourth-order valence-corrected chi connectivity index (χ4v) is 6.20. The second kappa shape index (κ2) is 13.6. The molecule has 0 amide bonds. The Morgan fingerprint density at radius 2 is 1.58 bits per heavy atom. The molecule has 1 aliphatic heterocycles. The van der Waals surface area contributed by atoms with Gasteiger partial charge in [-0.2, -0.15) is 4.57 Å². The van der Waals surface area contributed by atoms with Crippen LogP contribution >= 0.6 is 11.6 Å². The van der Waals surface area contributed by atoms with Crippen molar-refractivity contribution in [1.29, 1.82) is 0 Å². The van der Waals surface area contributed by atoms with Gasteiger partial charge >= 0.3 is 0 Å². The molecule has 0 aliphatic carbocycles. The predicted octanol–water partition coefficient (Wildman–Crippen LogP) is 6.03. The lowest BCUT2D eigenvalue weighted by Crippen LogP contribution is -3.00. The zero-order valence-corrected chi connectivity index (χ0v) is 27.0. The largest absolute Gasteiger partial charge is 1.00 e. The molecule has 1 aromatic heterocycles. The SMILES string of the molecule is CC1(C)/C(=C\C=C\c2cc[n+](Cc3ccccc3)c3ccccc23)N(CCCNc2ccccc2)c2ccc(Cl)cc21.[Br-]. The van der Waals surface area contributed by atoms with Crippen molar-refractivity contribution in [2.45, 2.75) is 32.2 Å². The van der Waals surface area contributed by atoms with E-state index in [1.807, 2.05) is 12.1 Å². The van der Waals surface area contributed by atoms with Gasteiger partial charge < -0.3 is 27.2 Å². The fourth-order valence-electron chi connectivity index (χ4n) is 6.03. The van der Waals surface area contributed by atoms with Crippen molar-refractivity contribution in [3.8, 4) is 0 Å². The number of rotatable bonds is 9. The van der Waals surface area contributed by atoms with Crippen LogP contribution in [-0.4, -0.2) is 13.1 Å². The summed E-state index contributed by atoms with van der Waals surface area (Å²) in [6, 6.07) is 38.2. The van der Waals surface area contributed by atoms with Gasteiger partial charge in [-0.05, 0) is 60.0 Å². The number of fused-ring (bicyclic) bond motifs is 2. The molecule has 0 unspecified atom stereocenters. The van der Waals surface area contributed by atoms with E-state index in [0.717, 1.165) is 36.8 Å². The Balaban J connectivity index is 0.00000368. The lowest BCUT2D eigenvalue weighted by molar-refractivity contribution is -0.662. The maximum absolute atomic E-state index is 6.48. The molecule has 1 aliphatic rings. The molecule has 3 nitrogen and oxygen atoms in total. The van der Waals surface area contributed by atoms with Crippen molar-refractivity contribution in [2.24, 2.45) is 0 Å². The topological polar surface area (TPSA) is 19.1 Å². The van der Waals surface area contributed by atoms with E-state index in [-0.39, 0.29) is 22.4 Å². The monoisotopic (exact) mass is 649 g/mol. The molecule has 0 fully saturated rings. The van der Waals surface area contributed by atoms with Gasteiger partial charge in [0.05, 0.1) is 5.39 Å². The number of hydrogen-bond donors (Lipinski definition) is 1. The molecular weight excluding hydrogens is 614 g/mol. The molecule has 5 aromatic rings. The molecule has 4 aromatic carbocycles. The van der Waals surface area contributed by atoms with Crippen LogP contribution in [0.15, 0.2) is 133 Å². The summed E-state index contributed by atoms with van der Waals surface area (Å²) in [5.41, 5.74) is 8.54. The second-order valence-corrected chi connectivity index (χ2v) is 11.8. The van der Waals surface area contributed by atoms with E-state index in [0.29, 0.717) is 0 Å². The average Bonchev–Trinajstić information content (AvgIpc) is 3.22. The van der Waals surface area contributed by atoms with E-state index in [4.69, 9.17) is 11.6 Å². The van der Waals surface area contributed by atoms with Gasteiger partial charge in [-0.3, -0.25) is 0 Å². The Bertz CT molecular complexity index is 1750. The third-order valence-corrected chi connectivity index (χ3v) is 8.43. The number of halogens is 2. The summed E-state index contributed by atoms with van der Waals surface area (Å²) in [5.74, 6) is 0. The molecule has 5 heteroatoms. The van der Waals surface area contributed by atoms with E-state index in [1.54, 1.807) is 0 Å². The van der Waals surface area contributed by atoms with Gasteiger partial charge in [0.25, 0.3) is 0 Å². The van der Waals surface area contributed by atoms with Crippen molar-refractivity contribution in [1.82, 2.24) is 0 Å². The number of nitrogens with zero attached hydrogens (tertiary/aromatic N) is 2. The van der Waals surface area contributed by atoms with Crippen LogP contribution in [0, 0.1) is 0 Å². The van der Waals surface area contributed by atoms with E-state index >= 15 is 0 Å². The van der Waals surface area contributed by atoms with E-state index in [2.05, 4.69) is 150 Å². The molecule has 0 radical (unpaired) electrons. The van der Waals surface area contributed by atoms with Crippen molar-refractivity contribution in [2.75, 3.05) is 23.3 Å². The number of pyridine rings is 1. The highest BCUT2D eigenvalue weighted by Gasteiger charge is 2.39. The van der Waals surface area contributed by atoms with Crippen LogP contribution in [-0.2, 0) is 12.0 Å². The van der Waals surface area contributed by atoms with Crippen LogP contribution in [0.5, 0.6) is 0 Å². The van der Waals surface area contributed by atoms with Crippen LogP contribution < -0.4 is 31.8 Å². The van der Waals surface area contributed by atoms with Gasteiger partial charge in [0.2, 0.25) is 5.52 Å². The zero-order valence-electron chi connectivity index (χ0n) is 24.7. The van der Waals surface area contributed by atoms with Crippen LogP contribution in [0.2, 0.25) is 5.02 Å². The number of hydrogen-bond acceptors (Lipinski definition) is 2. The summed E-state index contributed by atoms with van der Waals surface area (Å²) in [6.45, 7) is 7.28. The number of para-hydroxylation sites is 2. The van der Waals surface area contributed by atoms with E-state index < -0.39 is 0 Å². The van der Waals surface area contributed by atoms with Gasteiger partial charge in [0.1, 0.15) is 0 Å². The normalized spacial score (nSPS) is 14.7. The molecule has 0 atom stereocenters. The van der Waals surface area contributed by atoms with Gasteiger partial charge in [-0.15, -0.1) is 0 Å². The molecule has 0 saturated carbocycles. The van der Waals surface area contributed by atoms with Gasteiger partial charge in [-0.25, -0.2) is 0 Å². The zero-order chi connectivity index (χ0) is 28.9. The molecule has 43 heavy (non-hydrogen) atoms. The quantitative estimate of drug-likeness (QED) is 0.155. The summed E-state index contributed by atoms with van der Waals surface area (Å²) in [6.07, 6.45) is 9.95. The Morgan fingerprint density at radius 3 is 2.37 bits per heavy atom. The Morgan fingerprint density at radius 1 is 0.860 bits per heavy atom. The van der Waals surface area contributed by atoms with Crippen molar-refractivity contribution in [3.63, 3.8) is 0 Å². The van der Waals surface area contributed by atoms with E-state index in [1.165, 1.54) is 39.0 Å². The lowest BCUT2D eigenvalue weighted by Gasteiger charge is -2.27. The third kappa shape index (κ3) is 6.71. The molecule has 0 spiro atoms. The Hall–Kier alpha value is -3.86. The van der Waals surface area contributed by atoms with Crippen LogP contribution in [0.25, 0.3) is 17.0 Å². The Labute approximate surface area is 270 Å². The van der Waals surface area contributed by atoms with Gasteiger partial charge in [0.15, 0.2) is 12.7 Å². The third-order valence-electron chi connectivity index (χ3n) is 8.20. The first-order valence-electron chi connectivity index (χ1n) is 14.7. The second-order valence-electron chi connectivity index (χ2n) is 11.4. The maximum Gasteiger partial charge on any atom is 0.213 e. The van der Waals surface area contributed by atoms with Crippen LogP contribution in [0.1, 0.15) is 37.0 Å². The van der Waals surface area contributed by atoms with Gasteiger partial charge in [-0.1, -0.05) is 98.3 Å². The number of nitrogens with one attached hydrogen (secondary N) is 1. The molecule has 1 N–H and O–H groups in total. The fraction of sp³-hybridized carbons (Fsp3) is 0.184. The Kier molecular flexibility index (Phi) is 9.69. The molecule has 2 heterocycles. The maximum atomic E-state index is 6.48. The van der Waals surface area contributed by atoms with Crippen molar-refractivity contribution in [3.05, 3.63) is 155 Å². The van der Waals surface area contributed by atoms with Gasteiger partial charge in [0, 0.05) is 58.3 Å². The average molecular weight is 651 g/mol. The number of aromatic nitrogens is 1. The first kappa shape index (κ1) is 30.6. The molecule has 6 rings (SSSR count). The molecule has 0 saturated heterocycles. The van der Waals surface area contributed by atoms with Crippen molar-refractivity contribution < 1.29 is 21.5 Å². The van der Waals surface area contributed by atoms with E-state index in [9.17, 15) is 0 Å². The smallest absolute Gasteiger partial charge is 0.213 e. The highest BCUT2D eigenvalue weighted by Crippen LogP contribution is 2.48. The lowest BCUT2D eigenvalue weighted by atomic mass is 9.83. The number of anilines is 2. The minimum atomic E-state index is -0.158. The standard InChI is InChI=1S/C38H37ClN3.BrH/c1-38(2)34-27-31(39)21-22-36(34)42(25-12-24-40-32-16-7-4-8-17-32)37(38)20-11-15-30-23-26-41(28-29-13-5-3-6-14-29)35-19-10-9-18-33(30)35;/h3-11,13-23,26-27,40H,12,24-25,28H2,1-2H3;1H/q+1;/p-1. The summed E-state index contributed by atoms with van der Waals surface area (Å²) < 4.78 is 2.33. The molecule has 0 bridgehead atoms. The summed E-state index contributed by atoms with van der Waals surface area (Å²) in [4.78, 5) is 2.47. The summed E-state index contributed by atoms with van der Waals surface area (Å²) in [5, 5.41) is 5.58. The number of allylic oxidation sites excluding steroid dienone is 3. The highest BCUT2D eigenvalue weighted by molar-refractivity contribution is 6.30. The van der Waals surface area contributed by atoms with Crippen LogP contribution in [0.4, 0.5) is 11.4 Å². The predicted molar refractivity (Wildman–Crippen MR) is 178 cm³/mol. The molecular formula is C38H37BrClN3. The number of benzene rings is 4. The van der Waals surface area contributed by atoms with Crippen LogP contribution in [0.3, 0.4) is 0 Å². The minimum absolute atomic E-state index is 0.